The number of ether oxygens (including phenoxy) is 1. The highest BCUT2D eigenvalue weighted by Crippen LogP contribution is 2.30. The number of para-hydroxylation sites is 1. The van der Waals surface area contributed by atoms with Crippen molar-refractivity contribution in [2.45, 2.75) is 12.1 Å². The summed E-state index contributed by atoms with van der Waals surface area (Å²) in [5, 5.41) is 2.75. The average molecular weight is 301 g/mol. The van der Waals surface area contributed by atoms with E-state index < -0.39 is 0 Å². The molecule has 1 saturated heterocycles. The Morgan fingerprint density at radius 3 is 3.00 bits per heavy atom. The molecule has 2 aliphatic rings. The van der Waals surface area contributed by atoms with Crippen LogP contribution in [0.15, 0.2) is 36.9 Å². The summed E-state index contributed by atoms with van der Waals surface area (Å²) >= 11 is 0. The highest BCUT2D eigenvalue weighted by molar-refractivity contribution is 5.97. The fourth-order valence-electron chi connectivity index (χ4n) is 2.93. The number of urea groups is 1. The Balaban J connectivity index is 1.81. The molecule has 2 heterocycles. The van der Waals surface area contributed by atoms with Gasteiger partial charge in [0.05, 0.1) is 18.2 Å². The minimum absolute atomic E-state index is 0.0727. The van der Waals surface area contributed by atoms with E-state index >= 15 is 0 Å². The van der Waals surface area contributed by atoms with Gasteiger partial charge in [-0.1, -0.05) is 18.2 Å². The maximum Gasteiger partial charge on any atom is 0.317 e. The van der Waals surface area contributed by atoms with Crippen LogP contribution in [0.4, 0.5) is 4.79 Å². The largest absolute Gasteiger partial charge is 0.486 e. The van der Waals surface area contributed by atoms with Crippen LogP contribution in [-0.4, -0.2) is 60.6 Å². The van der Waals surface area contributed by atoms with Crippen molar-refractivity contribution in [3.8, 4) is 5.75 Å². The maximum absolute atomic E-state index is 12.5. The van der Waals surface area contributed by atoms with Crippen molar-refractivity contribution in [3.63, 3.8) is 0 Å². The Hall–Kier alpha value is -2.50. The molecule has 0 unspecified atom stereocenters. The summed E-state index contributed by atoms with van der Waals surface area (Å²) in [5.41, 5.74) is 0.571. The zero-order valence-electron chi connectivity index (χ0n) is 12.5. The van der Waals surface area contributed by atoms with Crippen molar-refractivity contribution >= 4 is 11.9 Å². The molecule has 1 fully saturated rings. The van der Waals surface area contributed by atoms with Gasteiger partial charge in [-0.3, -0.25) is 4.79 Å². The van der Waals surface area contributed by atoms with Crippen LogP contribution >= 0.6 is 0 Å². The lowest BCUT2D eigenvalue weighted by atomic mass is 10.1. The van der Waals surface area contributed by atoms with Crippen LogP contribution in [-0.2, 0) is 0 Å². The van der Waals surface area contributed by atoms with E-state index in [1.165, 1.54) is 0 Å². The van der Waals surface area contributed by atoms with Crippen molar-refractivity contribution in [1.29, 1.82) is 0 Å². The highest BCUT2D eigenvalue weighted by Gasteiger charge is 2.43. The molecule has 3 rings (SSSR count). The minimum Gasteiger partial charge on any atom is -0.486 e. The van der Waals surface area contributed by atoms with Gasteiger partial charge in [0, 0.05) is 20.1 Å². The number of fused-ring (bicyclic) bond motifs is 2. The zero-order chi connectivity index (χ0) is 15.7. The highest BCUT2D eigenvalue weighted by atomic mass is 16.5. The number of hydrogen-bond donors (Lipinski definition) is 1. The Morgan fingerprint density at radius 1 is 1.45 bits per heavy atom. The molecule has 6 heteroatoms. The van der Waals surface area contributed by atoms with Gasteiger partial charge in [-0.05, 0) is 12.1 Å². The van der Waals surface area contributed by atoms with Crippen LogP contribution in [0.3, 0.4) is 0 Å². The summed E-state index contributed by atoms with van der Waals surface area (Å²) in [7, 11) is 1.76. The number of carbonyl (C=O) groups excluding carboxylic acids is 2. The Morgan fingerprint density at radius 2 is 2.23 bits per heavy atom. The molecule has 1 aromatic carbocycles. The summed E-state index contributed by atoms with van der Waals surface area (Å²) in [5.74, 6) is 0.511. The molecule has 0 saturated carbocycles. The number of nitrogens with zero attached hydrogens (tertiary/aromatic N) is 2. The van der Waals surface area contributed by atoms with Crippen LogP contribution in [0.25, 0.3) is 0 Å². The molecular formula is C16H19N3O3. The van der Waals surface area contributed by atoms with Crippen LogP contribution in [0.5, 0.6) is 5.75 Å². The first kappa shape index (κ1) is 14.4. The first-order valence-corrected chi connectivity index (χ1v) is 7.28. The van der Waals surface area contributed by atoms with Crippen molar-refractivity contribution in [3.05, 3.63) is 42.5 Å². The van der Waals surface area contributed by atoms with Crippen molar-refractivity contribution in [1.82, 2.24) is 15.1 Å². The van der Waals surface area contributed by atoms with E-state index in [0.717, 1.165) is 0 Å². The summed E-state index contributed by atoms with van der Waals surface area (Å²) in [6, 6.07) is 6.92. The molecule has 116 valence electrons. The van der Waals surface area contributed by atoms with E-state index in [1.54, 1.807) is 35.1 Å². The SMILES string of the molecule is C=CCNC(=O)N1C[C@@H]2Oc3ccccc3C(=O)N(C)[C@@H]2C1. The third-order valence-electron chi connectivity index (χ3n) is 4.14. The predicted octanol–water partition coefficient (Wildman–Crippen LogP) is 1.10. The third kappa shape index (κ3) is 2.41. The van der Waals surface area contributed by atoms with Gasteiger partial charge < -0.3 is 19.9 Å². The predicted molar refractivity (Wildman–Crippen MR) is 81.9 cm³/mol. The topological polar surface area (TPSA) is 61.9 Å². The fourth-order valence-corrected chi connectivity index (χ4v) is 2.93. The van der Waals surface area contributed by atoms with Gasteiger partial charge in [0.1, 0.15) is 11.9 Å². The van der Waals surface area contributed by atoms with Crippen LogP contribution in [0.1, 0.15) is 10.4 Å². The first-order valence-electron chi connectivity index (χ1n) is 7.28. The number of benzene rings is 1. The number of likely N-dealkylation sites (N-methyl/N-ethyl adjacent to an activating group) is 1. The molecule has 22 heavy (non-hydrogen) atoms. The standard InChI is InChI=1S/C16H19N3O3/c1-3-8-17-16(21)19-9-12-14(10-19)22-13-7-5-4-6-11(13)15(20)18(12)2/h3-7,12,14H,1,8-10H2,2H3,(H,17,21)/t12-,14+/m1/s1. The molecule has 2 aliphatic heterocycles. The van der Waals surface area contributed by atoms with E-state index in [0.29, 0.717) is 30.9 Å². The number of rotatable bonds is 2. The molecule has 6 nitrogen and oxygen atoms in total. The molecule has 0 spiro atoms. The van der Waals surface area contributed by atoms with E-state index in [9.17, 15) is 9.59 Å². The lowest BCUT2D eigenvalue weighted by molar-refractivity contribution is 0.0682. The van der Waals surface area contributed by atoms with Gasteiger partial charge in [-0.2, -0.15) is 0 Å². The molecular weight excluding hydrogens is 282 g/mol. The first-order chi connectivity index (χ1) is 10.6. The Labute approximate surface area is 129 Å². The van der Waals surface area contributed by atoms with E-state index in [4.69, 9.17) is 4.74 Å². The van der Waals surface area contributed by atoms with Crippen molar-refractivity contribution < 1.29 is 14.3 Å². The fraction of sp³-hybridized carbons (Fsp3) is 0.375. The smallest absolute Gasteiger partial charge is 0.317 e. The van der Waals surface area contributed by atoms with Crippen LogP contribution in [0, 0.1) is 0 Å². The van der Waals surface area contributed by atoms with Crippen LogP contribution in [0.2, 0.25) is 0 Å². The maximum atomic E-state index is 12.5. The van der Waals surface area contributed by atoms with Gasteiger partial charge in [0.2, 0.25) is 0 Å². The van der Waals surface area contributed by atoms with E-state index in [2.05, 4.69) is 11.9 Å². The molecule has 0 bridgehead atoms. The second kappa shape index (κ2) is 5.71. The van der Waals surface area contributed by atoms with Gasteiger partial charge >= 0.3 is 6.03 Å². The number of likely N-dealkylation sites (tertiary alicyclic amines) is 1. The van der Waals surface area contributed by atoms with Gasteiger partial charge in [0.25, 0.3) is 5.91 Å². The lowest BCUT2D eigenvalue weighted by Gasteiger charge is -2.25. The number of hydrogen-bond acceptors (Lipinski definition) is 3. The normalized spacial score (nSPS) is 23.2. The molecule has 3 amide bonds. The minimum atomic E-state index is -0.216. The van der Waals surface area contributed by atoms with Crippen molar-refractivity contribution in [2.24, 2.45) is 0 Å². The molecule has 0 radical (unpaired) electrons. The zero-order valence-corrected chi connectivity index (χ0v) is 12.5. The average Bonchev–Trinajstić information content (AvgIpc) is 2.92. The number of nitrogens with one attached hydrogen (secondary N) is 1. The van der Waals surface area contributed by atoms with E-state index in [1.807, 2.05) is 12.1 Å². The molecule has 1 N–H and O–H groups in total. The van der Waals surface area contributed by atoms with Crippen molar-refractivity contribution in [2.75, 3.05) is 26.7 Å². The Kier molecular flexibility index (Phi) is 3.75. The summed E-state index contributed by atoms with van der Waals surface area (Å²) in [6.45, 7) is 4.92. The van der Waals surface area contributed by atoms with Gasteiger partial charge in [-0.15, -0.1) is 6.58 Å². The van der Waals surface area contributed by atoms with E-state index in [-0.39, 0.29) is 24.1 Å². The molecule has 1 aromatic rings. The molecule has 2 atom stereocenters. The second-order valence-corrected chi connectivity index (χ2v) is 5.52. The van der Waals surface area contributed by atoms with Gasteiger partial charge in [-0.25, -0.2) is 4.79 Å². The summed E-state index contributed by atoms with van der Waals surface area (Å²) in [6.07, 6.45) is 1.42. The van der Waals surface area contributed by atoms with Crippen LogP contribution < -0.4 is 10.1 Å². The Bertz CT molecular complexity index is 616. The number of amides is 3. The molecule has 0 aliphatic carbocycles. The second-order valence-electron chi connectivity index (χ2n) is 5.52. The summed E-state index contributed by atoms with van der Waals surface area (Å²) < 4.78 is 6.00. The third-order valence-corrected chi connectivity index (χ3v) is 4.14. The quantitative estimate of drug-likeness (QED) is 0.832. The summed E-state index contributed by atoms with van der Waals surface area (Å²) in [4.78, 5) is 28.0. The molecule has 0 aromatic heterocycles. The number of carbonyl (C=O) groups is 2. The lowest BCUT2D eigenvalue weighted by Crippen LogP contribution is -2.44. The monoisotopic (exact) mass is 301 g/mol. The van der Waals surface area contributed by atoms with Gasteiger partial charge in [0.15, 0.2) is 0 Å².